The van der Waals surface area contributed by atoms with Gasteiger partial charge in [0.2, 0.25) is 5.95 Å². The van der Waals surface area contributed by atoms with Crippen LogP contribution in [-0.2, 0) is 0 Å². The molecule has 33 heavy (non-hydrogen) atoms. The Kier molecular flexibility index (Phi) is 5.54. The lowest BCUT2D eigenvalue weighted by molar-refractivity contribution is 0.102. The van der Waals surface area contributed by atoms with Crippen molar-refractivity contribution in [3.05, 3.63) is 107 Å². The van der Waals surface area contributed by atoms with Gasteiger partial charge >= 0.3 is 0 Å². The number of benzene rings is 3. The molecule has 0 saturated heterocycles. The van der Waals surface area contributed by atoms with E-state index in [2.05, 4.69) is 26.8 Å². The fraction of sp³-hybridized carbons (Fsp3) is 0.0800. The van der Waals surface area contributed by atoms with Gasteiger partial charge in [0.05, 0.1) is 7.11 Å². The number of nitrogens with one attached hydrogen (secondary N) is 2. The molecule has 2 heterocycles. The highest BCUT2D eigenvalue weighted by Crippen LogP contribution is 2.34. The summed E-state index contributed by atoms with van der Waals surface area (Å²) in [6.07, 6.45) is 2.07. The minimum absolute atomic E-state index is 0.218. The summed E-state index contributed by atoms with van der Waals surface area (Å²) >= 11 is 6.07. The van der Waals surface area contributed by atoms with E-state index in [1.54, 1.807) is 23.9 Å². The Morgan fingerprint density at radius 2 is 1.76 bits per heavy atom. The van der Waals surface area contributed by atoms with Crippen LogP contribution in [0, 0.1) is 0 Å². The Labute approximate surface area is 195 Å². The maximum Gasteiger partial charge on any atom is 0.258 e. The average Bonchev–Trinajstić information content (AvgIpc) is 3.27. The Bertz CT molecular complexity index is 1320. The van der Waals surface area contributed by atoms with Gasteiger partial charge in [0.1, 0.15) is 11.8 Å². The number of carbonyl (C=O) groups is 1. The summed E-state index contributed by atoms with van der Waals surface area (Å²) in [6, 6.07) is 24.1. The van der Waals surface area contributed by atoms with E-state index < -0.39 is 0 Å². The van der Waals surface area contributed by atoms with Gasteiger partial charge in [0.15, 0.2) is 0 Å². The molecule has 3 aromatic carbocycles. The third-order valence-corrected chi connectivity index (χ3v) is 5.59. The molecule has 7 nitrogen and oxygen atoms in total. The highest BCUT2D eigenvalue weighted by molar-refractivity contribution is 6.30. The summed E-state index contributed by atoms with van der Waals surface area (Å²) in [6.45, 7) is 0. The number of methoxy groups -OCH3 is 1. The molecular weight excluding hydrogens is 438 g/mol. The summed E-state index contributed by atoms with van der Waals surface area (Å²) in [5.74, 6) is 1.23. The molecule has 1 atom stereocenters. The van der Waals surface area contributed by atoms with E-state index in [1.165, 1.54) is 0 Å². The second-order valence-corrected chi connectivity index (χ2v) is 7.89. The largest absolute Gasteiger partial charge is 0.497 e. The van der Waals surface area contributed by atoms with Crippen molar-refractivity contribution in [2.45, 2.75) is 6.04 Å². The average molecular weight is 458 g/mol. The van der Waals surface area contributed by atoms with E-state index >= 15 is 0 Å². The molecule has 1 aromatic heterocycles. The number of rotatable bonds is 5. The summed E-state index contributed by atoms with van der Waals surface area (Å²) in [7, 11) is 1.63. The molecule has 0 bridgehead atoms. The zero-order chi connectivity index (χ0) is 22.8. The molecule has 0 saturated carbocycles. The Hall–Kier alpha value is -4.10. The molecule has 0 unspecified atom stereocenters. The van der Waals surface area contributed by atoms with Gasteiger partial charge < -0.3 is 10.1 Å². The van der Waals surface area contributed by atoms with E-state index in [0.29, 0.717) is 16.5 Å². The van der Waals surface area contributed by atoms with Crippen molar-refractivity contribution in [2.75, 3.05) is 17.7 Å². The molecule has 1 aliphatic heterocycles. The molecule has 0 aliphatic carbocycles. The second-order valence-electron chi connectivity index (χ2n) is 7.45. The molecule has 2 N–H and O–H groups in total. The van der Waals surface area contributed by atoms with Gasteiger partial charge in [-0.1, -0.05) is 54.1 Å². The predicted octanol–water partition coefficient (Wildman–Crippen LogP) is 5.25. The lowest BCUT2D eigenvalue weighted by Crippen LogP contribution is -2.20. The molecule has 1 amide bonds. The van der Waals surface area contributed by atoms with E-state index in [9.17, 15) is 4.79 Å². The van der Waals surface area contributed by atoms with Crippen LogP contribution < -0.4 is 15.4 Å². The van der Waals surface area contributed by atoms with Crippen LogP contribution in [0.25, 0.3) is 5.70 Å². The minimum Gasteiger partial charge on any atom is -0.497 e. The predicted molar refractivity (Wildman–Crippen MR) is 129 cm³/mol. The van der Waals surface area contributed by atoms with Crippen molar-refractivity contribution in [1.29, 1.82) is 0 Å². The Morgan fingerprint density at radius 3 is 2.45 bits per heavy atom. The number of fused-ring (bicyclic) bond motifs is 1. The lowest BCUT2D eigenvalue weighted by atomic mass is 10.0. The lowest BCUT2D eigenvalue weighted by Gasteiger charge is -2.24. The summed E-state index contributed by atoms with van der Waals surface area (Å²) < 4.78 is 7.05. The van der Waals surface area contributed by atoms with Crippen molar-refractivity contribution >= 4 is 35.1 Å². The summed E-state index contributed by atoms with van der Waals surface area (Å²) in [5, 5.41) is 11.3. The van der Waals surface area contributed by atoms with Crippen LogP contribution in [0.3, 0.4) is 0 Å². The van der Waals surface area contributed by atoms with Crippen LogP contribution in [0.5, 0.6) is 5.75 Å². The fourth-order valence-electron chi connectivity index (χ4n) is 3.65. The van der Waals surface area contributed by atoms with Gasteiger partial charge in [-0.15, -0.1) is 5.10 Å². The first-order chi connectivity index (χ1) is 16.1. The van der Waals surface area contributed by atoms with Crippen LogP contribution in [0.1, 0.15) is 27.5 Å². The van der Waals surface area contributed by atoms with E-state index in [-0.39, 0.29) is 17.9 Å². The number of carbonyl (C=O) groups excluding carboxylic acids is 1. The van der Waals surface area contributed by atoms with Gasteiger partial charge in [0.25, 0.3) is 11.9 Å². The smallest absolute Gasteiger partial charge is 0.258 e. The van der Waals surface area contributed by atoms with Crippen molar-refractivity contribution in [3.63, 3.8) is 0 Å². The number of allylic oxidation sites excluding steroid dienone is 1. The number of nitrogens with zero attached hydrogens (tertiary/aromatic N) is 3. The standard InChI is InChI=1S/C25H20ClN5O2/c1-33-20-13-9-17(10-14-20)22-15-21(16-7-11-19(26)12-8-16)27-25-29-24(30-31(22)25)28-23(32)18-5-3-2-4-6-18/h2-15,22H,1H3,(H2,27,28,29,30,32)/t22-/m0/s1. The molecule has 1 aliphatic rings. The first-order valence-electron chi connectivity index (χ1n) is 10.3. The fourth-order valence-corrected chi connectivity index (χ4v) is 3.77. The normalized spacial score (nSPS) is 14.6. The molecular formula is C25H20ClN5O2. The molecule has 0 radical (unpaired) electrons. The zero-order valence-electron chi connectivity index (χ0n) is 17.7. The third kappa shape index (κ3) is 4.31. The number of aromatic nitrogens is 3. The second kappa shape index (κ2) is 8.80. The van der Waals surface area contributed by atoms with Crippen molar-refractivity contribution in [3.8, 4) is 5.75 Å². The third-order valence-electron chi connectivity index (χ3n) is 5.34. The topological polar surface area (TPSA) is 81.1 Å². The zero-order valence-corrected chi connectivity index (χ0v) is 18.5. The summed E-state index contributed by atoms with van der Waals surface area (Å²) in [5.41, 5.74) is 3.36. The van der Waals surface area contributed by atoms with E-state index in [4.69, 9.17) is 16.3 Å². The van der Waals surface area contributed by atoms with Crippen molar-refractivity contribution in [1.82, 2.24) is 14.8 Å². The van der Waals surface area contributed by atoms with Crippen LogP contribution in [0.2, 0.25) is 5.02 Å². The van der Waals surface area contributed by atoms with Gasteiger partial charge in [-0.3, -0.25) is 10.1 Å². The van der Waals surface area contributed by atoms with Gasteiger partial charge in [-0.05, 0) is 53.6 Å². The maximum absolute atomic E-state index is 12.6. The van der Waals surface area contributed by atoms with Gasteiger partial charge in [-0.25, -0.2) is 4.68 Å². The molecule has 0 spiro atoms. The maximum atomic E-state index is 12.6. The number of hydrogen-bond donors (Lipinski definition) is 2. The monoisotopic (exact) mass is 457 g/mol. The van der Waals surface area contributed by atoms with Crippen molar-refractivity contribution < 1.29 is 9.53 Å². The van der Waals surface area contributed by atoms with Crippen LogP contribution in [0.15, 0.2) is 84.9 Å². The highest BCUT2D eigenvalue weighted by atomic mass is 35.5. The Morgan fingerprint density at radius 1 is 1.03 bits per heavy atom. The molecule has 0 fully saturated rings. The number of amides is 1. The number of halogens is 1. The number of ether oxygens (including phenoxy) is 1. The number of hydrogen-bond acceptors (Lipinski definition) is 5. The molecule has 5 rings (SSSR count). The Balaban J connectivity index is 1.51. The quantitative estimate of drug-likeness (QED) is 0.428. The SMILES string of the molecule is COc1ccc([C@@H]2C=C(c3ccc(Cl)cc3)Nc3nc(NC(=O)c4ccccc4)nn32)cc1. The first-order valence-corrected chi connectivity index (χ1v) is 10.7. The minimum atomic E-state index is -0.273. The highest BCUT2D eigenvalue weighted by Gasteiger charge is 2.26. The molecule has 164 valence electrons. The van der Waals surface area contributed by atoms with Crippen LogP contribution in [-0.4, -0.2) is 27.8 Å². The van der Waals surface area contributed by atoms with E-state index in [0.717, 1.165) is 22.6 Å². The van der Waals surface area contributed by atoms with E-state index in [1.807, 2.05) is 66.7 Å². The molecule has 4 aromatic rings. The van der Waals surface area contributed by atoms with Gasteiger partial charge in [-0.2, -0.15) is 4.98 Å². The van der Waals surface area contributed by atoms with Crippen molar-refractivity contribution in [2.24, 2.45) is 0 Å². The first kappa shape index (κ1) is 20.8. The number of anilines is 2. The van der Waals surface area contributed by atoms with Crippen LogP contribution in [0.4, 0.5) is 11.9 Å². The van der Waals surface area contributed by atoms with Gasteiger partial charge in [0, 0.05) is 16.3 Å². The molecule has 8 heteroatoms. The summed E-state index contributed by atoms with van der Waals surface area (Å²) in [4.78, 5) is 17.1. The van der Waals surface area contributed by atoms with Crippen LogP contribution >= 0.6 is 11.6 Å².